The van der Waals surface area contributed by atoms with Crippen LogP contribution in [0.1, 0.15) is 51.4 Å². The molecule has 1 aromatic heterocycles. The third kappa shape index (κ3) is 2.19. The van der Waals surface area contributed by atoms with Crippen molar-refractivity contribution in [1.82, 2.24) is 9.97 Å². The zero-order chi connectivity index (χ0) is 14.6. The van der Waals surface area contributed by atoms with Crippen LogP contribution in [0, 0.1) is 17.8 Å². The number of rotatable bonds is 3. The van der Waals surface area contributed by atoms with Crippen molar-refractivity contribution in [2.45, 2.75) is 56.9 Å². The SMILES string of the molecule is c1nc(NC23CC4CC(CC(C4)C2)C3)cc(N2CCCC2)n1. The van der Waals surface area contributed by atoms with E-state index in [9.17, 15) is 0 Å². The van der Waals surface area contributed by atoms with Crippen LogP contribution in [-0.2, 0) is 0 Å². The first-order valence-electron chi connectivity index (χ1n) is 9.13. The Morgan fingerprint density at radius 3 is 2.23 bits per heavy atom. The number of nitrogens with zero attached hydrogens (tertiary/aromatic N) is 3. The van der Waals surface area contributed by atoms with Gasteiger partial charge in [-0.15, -0.1) is 0 Å². The summed E-state index contributed by atoms with van der Waals surface area (Å²) in [5.41, 5.74) is 0.339. The predicted molar refractivity (Wildman–Crippen MR) is 88.0 cm³/mol. The minimum Gasteiger partial charge on any atom is -0.364 e. The minimum atomic E-state index is 0.339. The molecule has 1 N–H and O–H groups in total. The van der Waals surface area contributed by atoms with Gasteiger partial charge >= 0.3 is 0 Å². The van der Waals surface area contributed by atoms with Crippen LogP contribution in [0.5, 0.6) is 0 Å². The smallest absolute Gasteiger partial charge is 0.134 e. The molecule has 4 aliphatic carbocycles. The maximum atomic E-state index is 4.54. The van der Waals surface area contributed by atoms with Gasteiger partial charge in [0.1, 0.15) is 18.0 Å². The van der Waals surface area contributed by atoms with E-state index in [1.807, 2.05) is 0 Å². The van der Waals surface area contributed by atoms with Gasteiger partial charge in [0.15, 0.2) is 0 Å². The van der Waals surface area contributed by atoms with E-state index >= 15 is 0 Å². The standard InChI is InChI=1S/C18H26N4/c1-2-4-22(3-1)17-8-16(19-12-20-17)21-18-9-13-5-14(10-18)7-15(6-13)11-18/h8,12-15H,1-7,9-11H2,(H,19,20,21). The van der Waals surface area contributed by atoms with Gasteiger partial charge < -0.3 is 10.2 Å². The summed E-state index contributed by atoms with van der Waals surface area (Å²) in [6.07, 6.45) is 12.9. The highest BCUT2D eigenvalue weighted by atomic mass is 15.2. The van der Waals surface area contributed by atoms with Crippen LogP contribution in [0.25, 0.3) is 0 Å². The molecule has 6 rings (SSSR count). The lowest BCUT2D eigenvalue weighted by atomic mass is 9.53. The molecule has 0 atom stereocenters. The Balaban J connectivity index is 1.38. The van der Waals surface area contributed by atoms with E-state index in [4.69, 9.17) is 0 Å². The highest BCUT2D eigenvalue weighted by molar-refractivity contribution is 5.50. The molecule has 4 bridgehead atoms. The van der Waals surface area contributed by atoms with E-state index in [1.54, 1.807) is 6.33 Å². The molecule has 5 aliphatic rings. The minimum absolute atomic E-state index is 0.339. The molecule has 2 heterocycles. The molecule has 5 fully saturated rings. The Morgan fingerprint density at radius 2 is 1.59 bits per heavy atom. The zero-order valence-electron chi connectivity index (χ0n) is 13.3. The predicted octanol–water partition coefficient (Wildman–Crippen LogP) is 3.46. The summed E-state index contributed by atoms with van der Waals surface area (Å²) in [6, 6.07) is 2.18. The molecule has 0 spiro atoms. The lowest BCUT2D eigenvalue weighted by Gasteiger charge is -2.57. The van der Waals surface area contributed by atoms with E-state index in [0.717, 1.165) is 42.5 Å². The van der Waals surface area contributed by atoms with Gasteiger partial charge in [0.25, 0.3) is 0 Å². The largest absolute Gasteiger partial charge is 0.364 e. The highest BCUT2D eigenvalue weighted by Crippen LogP contribution is 2.56. The van der Waals surface area contributed by atoms with Crippen LogP contribution < -0.4 is 10.2 Å². The van der Waals surface area contributed by atoms with Crippen molar-refractivity contribution >= 4 is 11.6 Å². The van der Waals surface area contributed by atoms with Crippen molar-refractivity contribution in [3.05, 3.63) is 12.4 Å². The number of anilines is 2. The van der Waals surface area contributed by atoms with Gasteiger partial charge in [-0.25, -0.2) is 9.97 Å². The first-order valence-corrected chi connectivity index (χ1v) is 9.13. The first-order chi connectivity index (χ1) is 10.8. The van der Waals surface area contributed by atoms with Crippen LogP contribution >= 0.6 is 0 Å². The number of aromatic nitrogens is 2. The van der Waals surface area contributed by atoms with Gasteiger partial charge in [-0.05, 0) is 69.1 Å². The van der Waals surface area contributed by atoms with Gasteiger partial charge in [0, 0.05) is 24.7 Å². The quantitative estimate of drug-likeness (QED) is 0.928. The average Bonchev–Trinajstić information content (AvgIpc) is 2.99. The summed E-state index contributed by atoms with van der Waals surface area (Å²) in [6.45, 7) is 2.29. The lowest BCUT2D eigenvalue weighted by molar-refractivity contribution is 0.0105. The average molecular weight is 298 g/mol. The second-order valence-corrected chi connectivity index (χ2v) is 8.28. The summed E-state index contributed by atoms with van der Waals surface area (Å²) in [7, 11) is 0. The van der Waals surface area contributed by atoms with E-state index in [-0.39, 0.29) is 0 Å². The maximum absolute atomic E-state index is 4.54. The fourth-order valence-electron chi connectivity index (χ4n) is 6.07. The summed E-state index contributed by atoms with van der Waals surface area (Å²) in [5, 5.41) is 3.87. The van der Waals surface area contributed by atoms with Crippen molar-refractivity contribution in [2.24, 2.45) is 17.8 Å². The highest BCUT2D eigenvalue weighted by Gasteiger charge is 2.51. The van der Waals surface area contributed by atoms with Gasteiger partial charge in [-0.1, -0.05) is 0 Å². The molecular weight excluding hydrogens is 272 g/mol. The monoisotopic (exact) mass is 298 g/mol. The normalized spacial score (nSPS) is 39.5. The summed E-state index contributed by atoms with van der Waals surface area (Å²) in [5.74, 6) is 5.08. The third-order valence-corrected chi connectivity index (χ3v) is 6.51. The summed E-state index contributed by atoms with van der Waals surface area (Å²) >= 11 is 0. The number of hydrogen-bond donors (Lipinski definition) is 1. The Kier molecular flexibility index (Phi) is 2.89. The molecule has 0 aromatic carbocycles. The van der Waals surface area contributed by atoms with Crippen molar-refractivity contribution in [3.8, 4) is 0 Å². The van der Waals surface area contributed by atoms with E-state index < -0.39 is 0 Å². The second-order valence-electron chi connectivity index (χ2n) is 8.28. The molecular formula is C18H26N4. The molecule has 22 heavy (non-hydrogen) atoms. The van der Waals surface area contributed by atoms with Crippen LogP contribution in [0.2, 0.25) is 0 Å². The number of hydrogen-bond acceptors (Lipinski definition) is 4. The zero-order valence-corrected chi connectivity index (χ0v) is 13.3. The molecule has 0 unspecified atom stereocenters. The van der Waals surface area contributed by atoms with E-state index in [2.05, 4.69) is 26.3 Å². The van der Waals surface area contributed by atoms with Gasteiger partial charge in [-0.3, -0.25) is 0 Å². The van der Waals surface area contributed by atoms with Gasteiger partial charge in [0.05, 0.1) is 0 Å². The van der Waals surface area contributed by atoms with Crippen LogP contribution in [0.4, 0.5) is 11.6 Å². The molecule has 1 saturated heterocycles. The Morgan fingerprint density at radius 1 is 0.955 bits per heavy atom. The summed E-state index contributed by atoms with van der Waals surface area (Å²) in [4.78, 5) is 11.4. The molecule has 4 heteroatoms. The molecule has 4 nitrogen and oxygen atoms in total. The van der Waals surface area contributed by atoms with Crippen LogP contribution in [0.15, 0.2) is 12.4 Å². The fourth-order valence-corrected chi connectivity index (χ4v) is 6.07. The van der Waals surface area contributed by atoms with Gasteiger partial charge in [-0.2, -0.15) is 0 Å². The van der Waals surface area contributed by atoms with Crippen LogP contribution in [0.3, 0.4) is 0 Å². The molecule has 1 aromatic rings. The topological polar surface area (TPSA) is 41.1 Å². The van der Waals surface area contributed by atoms with Crippen LogP contribution in [-0.4, -0.2) is 28.6 Å². The maximum Gasteiger partial charge on any atom is 0.134 e. The molecule has 0 radical (unpaired) electrons. The number of nitrogens with one attached hydrogen (secondary N) is 1. The lowest BCUT2D eigenvalue weighted by Crippen LogP contribution is -2.54. The van der Waals surface area contributed by atoms with Crippen molar-refractivity contribution in [2.75, 3.05) is 23.3 Å². The Labute approximate surface area is 132 Å². The van der Waals surface area contributed by atoms with Gasteiger partial charge in [0.2, 0.25) is 0 Å². The van der Waals surface area contributed by atoms with Crippen molar-refractivity contribution in [3.63, 3.8) is 0 Å². The van der Waals surface area contributed by atoms with E-state index in [1.165, 1.54) is 51.4 Å². The Bertz CT molecular complexity index is 529. The van der Waals surface area contributed by atoms with Crippen molar-refractivity contribution < 1.29 is 0 Å². The molecule has 118 valence electrons. The van der Waals surface area contributed by atoms with Crippen molar-refractivity contribution in [1.29, 1.82) is 0 Å². The molecule has 4 saturated carbocycles. The Hall–Kier alpha value is -1.32. The van der Waals surface area contributed by atoms with E-state index in [0.29, 0.717) is 5.54 Å². The summed E-state index contributed by atoms with van der Waals surface area (Å²) < 4.78 is 0. The third-order valence-electron chi connectivity index (χ3n) is 6.51. The first kappa shape index (κ1) is 13.1. The second kappa shape index (κ2) is 4.84. The molecule has 0 amide bonds. The fraction of sp³-hybridized carbons (Fsp3) is 0.778. The molecule has 1 aliphatic heterocycles.